The first kappa shape index (κ1) is 13.6. The Morgan fingerprint density at radius 2 is 2.06 bits per heavy atom. The van der Waals surface area contributed by atoms with Crippen LogP contribution in [-0.2, 0) is 14.3 Å². The van der Waals surface area contributed by atoms with E-state index in [0.717, 1.165) is 0 Å². The number of hydrogen-bond acceptors (Lipinski definition) is 5. The summed E-state index contributed by atoms with van der Waals surface area (Å²) in [6, 6.07) is 4.52. The van der Waals surface area contributed by atoms with Crippen LogP contribution in [0, 0.1) is 11.8 Å². The van der Waals surface area contributed by atoms with E-state index in [9.17, 15) is 9.59 Å². The van der Waals surface area contributed by atoms with Crippen LogP contribution in [0.15, 0.2) is 18.2 Å². The maximum Gasteiger partial charge on any atom is 0.384 e. The molecule has 5 nitrogen and oxygen atoms in total. The number of esters is 2. The molecule has 0 bridgehead atoms. The van der Waals surface area contributed by atoms with Crippen LogP contribution in [0.1, 0.15) is 22.8 Å². The van der Waals surface area contributed by atoms with Gasteiger partial charge in [-0.1, -0.05) is 5.92 Å². The lowest BCUT2D eigenvalue weighted by Gasteiger charge is -2.01. The smallest absolute Gasteiger partial charge is 0.384 e. The van der Waals surface area contributed by atoms with Gasteiger partial charge in [-0.25, -0.2) is 9.59 Å². The summed E-state index contributed by atoms with van der Waals surface area (Å²) in [6.45, 7) is 1.95. The number of anilines is 1. The lowest BCUT2D eigenvalue weighted by atomic mass is 10.1. The molecule has 0 aliphatic carbocycles. The van der Waals surface area contributed by atoms with Gasteiger partial charge < -0.3 is 15.2 Å². The summed E-state index contributed by atoms with van der Waals surface area (Å²) in [5.41, 5.74) is 6.72. The van der Waals surface area contributed by atoms with Crippen LogP contribution < -0.4 is 5.73 Å². The van der Waals surface area contributed by atoms with Gasteiger partial charge in [-0.2, -0.15) is 0 Å². The second kappa shape index (κ2) is 6.30. The van der Waals surface area contributed by atoms with Crippen LogP contribution in [0.3, 0.4) is 0 Å². The van der Waals surface area contributed by atoms with Crippen LogP contribution >= 0.6 is 0 Å². The zero-order chi connectivity index (χ0) is 13.5. The molecular formula is C13H13NO4. The summed E-state index contributed by atoms with van der Waals surface area (Å²) in [4.78, 5) is 22.4. The molecule has 0 unspecified atom stereocenters. The maximum absolute atomic E-state index is 11.3. The zero-order valence-corrected chi connectivity index (χ0v) is 10.1. The molecule has 0 aromatic heterocycles. The van der Waals surface area contributed by atoms with Crippen LogP contribution in [0.2, 0.25) is 0 Å². The standard InChI is InChI=1S/C13H13NO4/c1-3-18-12(15)5-4-9-6-10(13(16)17-2)8-11(14)7-9/h6-8H,3,14H2,1-2H3. The van der Waals surface area contributed by atoms with Gasteiger partial charge in [0.05, 0.1) is 19.3 Å². The summed E-state index contributed by atoms with van der Waals surface area (Å²) in [5.74, 6) is 3.73. The van der Waals surface area contributed by atoms with Crippen molar-refractivity contribution in [2.24, 2.45) is 0 Å². The number of benzene rings is 1. The third-order valence-corrected chi connectivity index (χ3v) is 1.96. The van der Waals surface area contributed by atoms with Gasteiger partial charge in [0.1, 0.15) is 0 Å². The molecule has 1 rings (SSSR count). The molecule has 0 saturated heterocycles. The van der Waals surface area contributed by atoms with E-state index >= 15 is 0 Å². The van der Waals surface area contributed by atoms with Gasteiger partial charge in [0.25, 0.3) is 0 Å². The fourth-order valence-electron chi connectivity index (χ4n) is 1.25. The Hall–Kier alpha value is -2.48. The van der Waals surface area contributed by atoms with Crippen molar-refractivity contribution in [3.63, 3.8) is 0 Å². The first-order chi connectivity index (χ1) is 8.56. The van der Waals surface area contributed by atoms with E-state index in [-0.39, 0.29) is 12.2 Å². The predicted molar refractivity (Wildman–Crippen MR) is 65.7 cm³/mol. The van der Waals surface area contributed by atoms with Gasteiger partial charge >= 0.3 is 11.9 Å². The van der Waals surface area contributed by atoms with Crippen molar-refractivity contribution in [3.05, 3.63) is 29.3 Å². The van der Waals surface area contributed by atoms with E-state index in [4.69, 9.17) is 5.73 Å². The molecule has 0 aliphatic rings. The topological polar surface area (TPSA) is 78.6 Å². The molecule has 94 valence electrons. The fourth-order valence-corrected chi connectivity index (χ4v) is 1.25. The molecule has 0 atom stereocenters. The Balaban J connectivity index is 3.00. The Morgan fingerprint density at radius 3 is 2.67 bits per heavy atom. The van der Waals surface area contributed by atoms with E-state index in [2.05, 4.69) is 21.3 Å². The number of nitrogens with two attached hydrogens (primary N) is 1. The molecule has 1 aromatic rings. The van der Waals surface area contributed by atoms with Crippen molar-refractivity contribution in [2.45, 2.75) is 6.92 Å². The minimum atomic E-state index is -0.625. The van der Waals surface area contributed by atoms with Crippen molar-refractivity contribution in [1.82, 2.24) is 0 Å². The largest absolute Gasteiger partial charge is 0.465 e. The molecule has 0 spiro atoms. The number of methoxy groups -OCH3 is 1. The number of nitrogen functional groups attached to an aromatic ring is 1. The molecule has 0 amide bonds. The summed E-state index contributed by atoms with van der Waals surface area (Å²) >= 11 is 0. The number of hydrogen-bond donors (Lipinski definition) is 1. The first-order valence-corrected chi connectivity index (χ1v) is 5.24. The van der Waals surface area contributed by atoms with Crippen molar-refractivity contribution < 1.29 is 19.1 Å². The minimum Gasteiger partial charge on any atom is -0.465 e. The van der Waals surface area contributed by atoms with Gasteiger partial charge in [-0.15, -0.1) is 0 Å². The summed E-state index contributed by atoms with van der Waals surface area (Å²) < 4.78 is 9.23. The fraction of sp³-hybridized carbons (Fsp3) is 0.231. The second-order valence-corrected chi connectivity index (χ2v) is 3.31. The highest BCUT2D eigenvalue weighted by atomic mass is 16.5. The Morgan fingerprint density at radius 1 is 1.33 bits per heavy atom. The van der Waals surface area contributed by atoms with Gasteiger partial charge in [-0.05, 0) is 25.1 Å². The van der Waals surface area contributed by atoms with Gasteiger partial charge in [0.2, 0.25) is 0 Å². The Labute approximate surface area is 105 Å². The molecule has 5 heteroatoms. The Bertz CT molecular complexity index is 526. The number of carbonyl (C=O) groups is 2. The lowest BCUT2D eigenvalue weighted by molar-refractivity contribution is -0.136. The van der Waals surface area contributed by atoms with Crippen molar-refractivity contribution in [2.75, 3.05) is 19.5 Å². The van der Waals surface area contributed by atoms with Crippen LogP contribution in [0.4, 0.5) is 5.69 Å². The predicted octanol–water partition coefficient (Wildman–Crippen LogP) is 0.970. The third kappa shape index (κ3) is 3.83. The molecule has 2 N–H and O–H groups in total. The lowest BCUT2D eigenvalue weighted by Crippen LogP contribution is -2.03. The number of rotatable bonds is 2. The van der Waals surface area contributed by atoms with E-state index in [1.807, 2.05) is 0 Å². The van der Waals surface area contributed by atoms with Crippen LogP contribution in [-0.4, -0.2) is 25.7 Å². The molecule has 0 heterocycles. The summed E-state index contributed by atoms with van der Waals surface area (Å²) in [7, 11) is 1.27. The summed E-state index contributed by atoms with van der Waals surface area (Å²) in [5, 5.41) is 0. The van der Waals surface area contributed by atoms with E-state index in [0.29, 0.717) is 11.3 Å². The highest BCUT2D eigenvalue weighted by Crippen LogP contribution is 2.12. The monoisotopic (exact) mass is 247 g/mol. The molecule has 0 saturated carbocycles. The van der Waals surface area contributed by atoms with E-state index < -0.39 is 11.9 Å². The number of ether oxygens (including phenoxy) is 2. The first-order valence-electron chi connectivity index (χ1n) is 5.24. The third-order valence-electron chi connectivity index (χ3n) is 1.96. The van der Waals surface area contributed by atoms with E-state index in [1.54, 1.807) is 13.0 Å². The van der Waals surface area contributed by atoms with Gasteiger partial charge in [0.15, 0.2) is 0 Å². The van der Waals surface area contributed by atoms with Gasteiger partial charge in [0, 0.05) is 17.2 Å². The molecule has 0 fully saturated rings. The molecule has 18 heavy (non-hydrogen) atoms. The minimum absolute atomic E-state index is 0.262. The molecular weight excluding hydrogens is 234 g/mol. The molecule has 0 radical (unpaired) electrons. The summed E-state index contributed by atoms with van der Waals surface area (Å²) in [6.07, 6.45) is 0. The average molecular weight is 247 g/mol. The molecule has 1 aromatic carbocycles. The van der Waals surface area contributed by atoms with E-state index in [1.165, 1.54) is 19.2 Å². The quantitative estimate of drug-likeness (QED) is 0.478. The maximum atomic E-state index is 11.3. The zero-order valence-electron chi connectivity index (χ0n) is 10.1. The highest BCUT2D eigenvalue weighted by Gasteiger charge is 2.07. The normalized spacial score (nSPS) is 9.00. The molecule has 0 aliphatic heterocycles. The number of carbonyl (C=O) groups excluding carboxylic acids is 2. The van der Waals surface area contributed by atoms with Crippen LogP contribution in [0.5, 0.6) is 0 Å². The van der Waals surface area contributed by atoms with Gasteiger partial charge in [-0.3, -0.25) is 0 Å². The average Bonchev–Trinajstić information content (AvgIpc) is 2.35. The highest BCUT2D eigenvalue weighted by molar-refractivity contribution is 5.92. The van der Waals surface area contributed by atoms with Crippen molar-refractivity contribution >= 4 is 17.6 Å². The van der Waals surface area contributed by atoms with Crippen molar-refractivity contribution in [3.8, 4) is 11.8 Å². The van der Waals surface area contributed by atoms with Crippen LogP contribution in [0.25, 0.3) is 0 Å². The second-order valence-electron chi connectivity index (χ2n) is 3.31. The Kier molecular flexibility index (Phi) is 4.76. The SMILES string of the molecule is CCOC(=O)C#Cc1cc(N)cc(C(=O)OC)c1. The van der Waals surface area contributed by atoms with Crippen molar-refractivity contribution in [1.29, 1.82) is 0 Å².